The molecule has 0 radical (unpaired) electrons. The van der Waals surface area contributed by atoms with Crippen molar-refractivity contribution in [2.45, 2.75) is 20.0 Å². The van der Waals surface area contributed by atoms with Crippen molar-refractivity contribution >= 4 is 5.91 Å². The van der Waals surface area contributed by atoms with Gasteiger partial charge >= 0.3 is 0 Å². The lowest BCUT2D eigenvalue weighted by atomic mass is 10.2. The molecule has 1 heterocycles. The van der Waals surface area contributed by atoms with Gasteiger partial charge in [-0.2, -0.15) is 0 Å². The molecule has 0 aliphatic carbocycles. The molecule has 0 aliphatic heterocycles. The molecule has 0 unspecified atom stereocenters. The monoisotopic (exact) mass is 352 g/mol. The Morgan fingerprint density at radius 2 is 1.88 bits per heavy atom. The Hall–Kier alpha value is -3.12. The van der Waals surface area contributed by atoms with Crippen LogP contribution in [-0.2, 0) is 17.9 Å². The Labute approximate surface area is 151 Å². The van der Waals surface area contributed by atoms with Crippen LogP contribution < -0.4 is 10.2 Å². The van der Waals surface area contributed by atoms with Crippen molar-refractivity contribution in [1.82, 2.24) is 10.6 Å². The number of benzene rings is 2. The van der Waals surface area contributed by atoms with E-state index in [1.807, 2.05) is 43.3 Å². The number of rotatable bonds is 8. The molecule has 6 heteroatoms. The highest BCUT2D eigenvalue weighted by molar-refractivity contribution is 5.93. The summed E-state index contributed by atoms with van der Waals surface area (Å²) in [6.07, 6.45) is 0.492. The van der Waals surface area contributed by atoms with E-state index in [1.54, 1.807) is 24.3 Å². The van der Waals surface area contributed by atoms with Crippen LogP contribution in [0.4, 0.5) is 0 Å². The molecule has 0 fully saturated rings. The van der Waals surface area contributed by atoms with Crippen molar-refractivity contribution in [3.63, 3.8) is 0 Å². The number of ether oxygens (including phenoxy) is 1. The van der Waals surface area contributed by atoms with E-state index in [2.05, 4.69) is 10.6 Å². The minimum Gasteiger partial charge on any atom is -0.487 e. The summed E-state index contributed by atoms with van der Waals surface area (Å²) in [6.45, 7) is 2.61. The predicted molar refractivity (Wildman–Crippen MR) is 95.6 cm³/mol. The van der Waals surface area contributed by atoms with Gasteiger partial charge in [-0.15, -0.1) is 0 Å². The van der Waals surface area contributed by atoms with Crippen LogP contribution in [0.25, 0.3) is 0 Å². The van der Waals surface area contributed by atoms with E-state index in [-0.39, 0.29) is 12.5 Å². The van der Waals surface area contributed by atoms with Gasteiger partial charge in [0.05, 0.1) is 6.61 Å². The van der Waals surface area contributed by atoms with E-state index in [0.717, 1.165) is 11.3 Å². The number of nitrogens with one attached hydrogen (secondary N) is 1. The van der Waals surface area contributed by atoms with Gasteiger partial charge in [0.25, 0.3) is 5.91 Å². The summed E-state index contributed by atoms with van der Waals surface area (Å²) in [4.78, 5) is 17.0. The van der Waals surface area contributed by atoms with Crippen molar-refractivity contribution in [3.8, 4) is 5.75 Å². The standard InChI is InChI=1S/C20H20N2O4/c1-15-7-5-6-10-19(15)24-14-17-13-18(26-21-17)11-12-25-22-20(23)16-8-3-2-4-9-16/h2-10,13H,11-12,14H2,1H3,(H,22,23). The second-order valence-electron chi connectivity index (χ2n) is 5.73. The number of nitrogens with zero attached hydrogens (tertiary/aromatic N) is 1. The Bertz CT molecular complexity index is 846. The molecule has 1 aromatic heterocycles. The summed E-state index contributed by atoms with van der Waals surface area (Å²) < 4.78 is 11.0. The molecular formula is C20H20N2O4. The number of hydroxylamine groups is 1. The van der Waals surface area contributed by atoms with Crippen LogP contribution in [0.3, 0.4) is 0 Å². The van der Waals surface area contributed by atoms with Crippen molar-refractivity contribution in [2.75, 3.05) is 6.61 Å². The molecule has 26 heavy (non-hydrogen) atoms. The van der Waals surface area contributed by atoms with Gasteiger partial charge in [-0.25, -0.2) is 5.48 Å². The molecule has 0 atom stereocenters. The average molecular weight is 352 g/mol. The number of carbonyl (C=O) groups is 1. The fourth-order valence-corrected chi connectivity index (χ4v) is 2.33. The molecule has 134 valence electrons. The van der Waals surface area contributed by atoms with Crippen LogP contribution in [0, 0.1) is 6.92 Å². The topological polar surface area (TPSA) is 73.6 Å². The summed E-state index contributed by atoms with van der Waals surface area (Å²) in [7, 11) is 0. The minimum absolute atomic E-state index is 0.282. The summed E-state index contributed by atoms with van der Waals surface area (Å²) in [6, 6.07) is 18.5. The molecule has 0 bridgehead atoms. The number of aryl methyl sites for hydroxylation is 1. The van der Waals surface area contributed by atoms with Crippen LogP contribution in [-0.4, -0.2) is 17.7 Å². The van der Waals surface area contributed by atoms with Crippen LogP contribution >= 0.6 is 0 Å². The zero-order chi connectivity index (χ0) is 18.2. The molecule has 0 aliphatic rings. The third-order valence-electron chi connectivity index (χ3n) is 3.73. The van der Waals surface area contributed by atoms with Crippen molar-refractivity contribution < 1.29 is 18.9 Å². The van der Waals surface area contributed by atoms with E-state index in [9.17, 15) is 4.79 Å². The Morgan fingerprint density at radius 1 is 1.12 bits per heavy atom. The number of aromatic nitrogens is 1. The predicted octanol–water partition coefficient (Wildman–Crippen LogP) is 3.47. The highest BCUT2D eigenvalue weighted by atomic mass is 16.7. The lowest BCUT2D eigenvalue weighted by Gasteiger charge is -2.06. The third-order valence-corrected chi connectivity index (χ3v) is 3.73. The Kier molecular flexibility index (Phi) is 6.01. The number of hydrogen-bond acceptors (Lipinski definition) is 5. The molecule has 0 saturated carbocycles. The van der Waals surface area contributed by atoms with Gasteiger partial charge in [0, 0.05) is 18.1 Å². The maximum Gasteiger partial charge on any atom is 0.274 e. The minimum atomic E-state index is -0.282. The molecule has 3 aromatic rings. The Balaban J connectivity index is 1.40. The first kappa shape index (κ1) is 17.7. The second-order valence-corrected chi connectivity index (χ2v) is 5.73. The second kappa shape index (κ2) is 8.82. The molecule has 2 aromatic carbocycles. The van der Waals surface area contributed by atoms with Gasteiger partial charge in [0.2, 0.25) is 0 Å². The van der Waals surface area contributed by atoms with Crippen LogP contribution in [0.1, 0.15) is 27.4 Å². The Morgan fingerprint density at radius 3 is 2.69 bits per heavy atom. The first-order valence-corrected chi connectivity index (χ1v) is 8.32. The highest BCUT2D eigenvalue weighted by Gasteiger charge is 2.08. The van der Waals surface area contributed by atoms with Gasteiger partial charge in [-0.05, 0) is 30.7 Å². The number of carbonyl (C=O) groups excluding carboxylic acids is 1. The maximum atomic E-state index is 11.8. The zero-order valence-corrected chi connectivity index (χ0v) is 14.5. The van der Waals surface area contributed by atoms with E-state index in [1.165, 1.54) is 0 Å². The average Bonchev–Trinajstić information content (AvgIpc) is 3.13. The lowest BCUT2D eigenvalue weighted by molar-refractivity contribution is 0.0309. The molecular weight excluding hydrogens is 332 g/mol. The zero-order valence-electron chi connectivity index (χ0n) is 14.5. The summed E-state index contributed by atoms with van der Waals surface area (Å²) >= 11 is 0. The van der Waals surface area contributed by atoms with E-state index < -0.39 is 0 Å². The molecule has 1 amide bonds. The van der Waals surface area contributed by atoms with Crippen LogP contribution in [0.2, 0.25) is 0 Å². The molecule has 3 rings (SSSR count). The quantitative estimate of drug-likeness (QED) is 0.496. The molecule has 0 saturated heterocycles. The maximum absolute atomic E-state index is 11.8. The normalized spacial score (nSPS) is 10.5. The summed E-state index contributed by atoms with van der Waals surface area (Å²) in [5.41, 5.74) is 4.72. The van der Waals surface area contributed by atoms with Gasteiger partial charge in [0.15, 0.2) is 0 Å². The fourth-order valence-electron chi connectivity index (χ4n) is 2.33. The molecule has 1 N–H and O–H groups in total. The SMILES string of the molecule is Cc1ccccc1OCc1cc(CCONC(=O)c2ccccc2)on1. The lowest BCUT2D eigenvalue weighted by Crippen LogP contribution is -2.24. The first-order chi connectivity index (χ1) is 12.7. The fraction of sp³-hybridized carbons (Fsp3) is 0.200. The van der Waals surface area contributed by atoms with Crippen molar-refractivity contribution in [1.29, 1.82) is 0 Å². The van der Waals surface area contributed by atoms with Crippen LogP contribution in [0.15, 0.2) is 65.2 Å². The molecule has 0 spiro atoms. The summed E-state index contributed by atoms with van der Waals surface area (Å²) in [5.74, 6) is 1.21. The molecule has 6 nitrogen and oxygen atoms in total. The van der Waals surface area contributed by atoms with E-state index in [0.29, 0.717) is 30.0 Å². The van der Waals surface area contributed by atoms with Gasteiger partial charge in [-0.3, -0.25) is 9.63 Å². The summed E-state index contributed by atoms with van der Waals surface area (Å²) in [5, 5.41) is 3.98. The van der Waals surface area contributed by atoms with Gasteiger partial charge in [0.1, 0.15) is 23.8 Å². The number of amides is 1. The van der Waals surface area contributed by atoms with Gasteiger partial charge in [-0.1, -0.05) is 41.6 Å². The van der Waals surface area contributed by atoms with E-state index >= 15 is 0 Å². The third kappa shape index (κ3) is 4.94. The largest absolute Gasteiger partial charge is 0.487 e. The highest BCUT2D eigenvalue weighted by Crippen LogP contribution is 2.18. The number of hydrogen-bond donors (Lipinski definition) is 1. The smallest absolute Gasteiger partial charge is 0.274 e. The van der Waals surface area contributed by atoms with Crippen LogP contribution in [0.5, 0.6) is 5.75 Å². The van der Waals surface area contributed by atoms with E-state index in [4.69, 9.17) is 14.1 Å². The first-order valence-electron chi connectivity index (χ1n) is 8.32. The van der Waals surface area contributed by atoms with Gasteiger partial charge < -0.3 is 9.26 Å². The van der Waals surface area contributed by atoms with Crippen molar-refractivity contribution in [2.24, 2.45) is 0 Å². The number of para-hydroxylation sites is 1. The van der Waals surface area contributed by atoms with Crippen molar-refractivity contribution in [3.05, 3.63) is 83.2 Å².